The maximum absolute atomic E-state index is 11.6. The molecule has 0 aliphatic carbocycles. The van der Waals surface area contributed by atoms with Crippen LogP contribution < -0.4 is 10.5 Å². The molecule has 0 bridgehead atoms. The van der Waals surface area contributed by atoms with E-state index in [0.717, 1.165) is 30.9 Å². The van der Waals surface area contributed by atoms with Crippen LogP contribution in [0.3, 0.4) is 0 Å². The fourth-order valence-electron chi connectivity index (χ4n) is 2.52. The summed E-state index contributed by atoms with van der Waals surface area (Å²) in [6.07, 6.45) is 4.00. The Morgan fingerprint density at radius 3 is 2.59 bits per heavy atom. The average Bonchev–Trinajstić information content (AvgIpc) is 2.33. The lowest BCUT2D eigenvalue weighted by Crippen LogP contribution is -2.38. The van der Waals surface area contributed by atoms with Gasteiger partial charge in [0.1, 0.15) is 0 Å². The number of aromatic nitrogens is 2. The summed E-state index contributed by atoms with van der Waals surface area (Å²) in [4.78, 5) is 18.1. The Balaban J connectivity index is 2.11. The van der Waals surface area contributed by atoms with Crippen molar-refractivity contribution >= 4 is 5.95 Å². The molecule has 0 aromatic carbocycles. The highest BCUT2D eigenvalue weighted by Gasteiger charge is 2.23. The normalized spacial score (nSPS) is 17.8. The summed E-state index contributed by atoms with van der Waals surface area (Å²) in [7, 11) is 1.79. The molecule has 0 N–H and O–H groups in total. The Morgan fingerprint density at radius 2 is 2.00 bits per heavy atom. The number of hydrogen-bond acceptors (Lipinski definition) is 3. The molecule has 1 aromatic heterocycles. The van der Waals surface area contributed by atoms with Crippen LogP contribution in [0.4, 0.5) is 5.95 Å². The van der Waals surface area contributed by atoms with Gasteiger partial charge < -0.3 is 4.90 Å². The van der Waals surface area contributed by atoms with E-state index >= 15 is 0 Å². The molecule has 2 rings (SSSR count). The summed E-state index contributed by atoms with van der Waals surface area (Å²) < 4.78 is 1.63. The molecule has 0 amide bonds. The van der Waals surface area contributed by atoms with Gasteiger partial charge in [-0.3, -0.25) is 9.36 Å². The second-order valence-corrected chi connectivity index (χ2v) is 5.21. The van der Waals surface area contributed by atoms with Gasteiger partial charge in [0.25, 0.3) is 5.56 Å². The summed E-state index contributed by atoms with van der Waals surface area (Å²) in [6.45, 7) is 6.59. The van der Waals surface area contributed by atoms with E-state index in [1.807, 2.05) is 0 Å². The third-order valence-electron chi connectivity index (χ3n) is 3.80. The molecular formula is C13H21N3O. The van der Waals surface area contributed by atoms with Gasteiger partial charge in [0.05, 0.1) is 0 Å². The van der Waals surface area contributed by atoms with E-state index in [-0.39, 0.29) is 5.56 Å². The topological polar surface area (TPSA) is 38.1 Å². The van der Waals surface area contributed by atoms with Crippen molar-refractivity contribution in [2.24, 2.45) is 18.9 Å². The number of hydrogen-bond donors (Lipinski definition) is 0. The highest BCUT2D eigenvalue weighted by molar-refractivity contribution is 5.30. The van der Waals surface area contributed by atoms with Crippen LogP contribution in [0.1, 0.15) is 26.7 Å². The highest BCUT2D eigenvalue weighted by Crippen LogP contribution is 2.26. The minimum absolute atomic E-state index is 0.0148. The first-order valence-electron chi connectivity index (χ1n) is 6.36. The number of rotatable bonds is 2. The molecule has 0 saturated carbocycles. The second-order valence-electron chi connectivity index (χ2n) is 5.21. The van der Waals surface area contributed by atoms with Gasteiger partial charge in [0.2, 0.25) is 5.95 Å². The van der Waals surface area contributed by atoms with Crippen molar-refractivity contribution in [2.45, 2.75) is 26.7 Å². The quantitative estimate of drug-likeness (QED) is 0.782. The van der Waals surface area contributed by atoms with E-state index in [9.17, 15) is 4.79 Å². The molecule has 2 heterocycles. The Kier molecular flexibility index (Phi) is 3.50. The average molecular weight is 235 g/mol. The first-order valence-corrected chi connectivity index (χ1v) is 6.36. The highest BCUT2D eigenvalue weighted by atomic mass is 16.1. The van der Waals surface area contributed by atoms with Gasteiger partial charge >= 0.3 is 0 Å². The number of piperidine rings is 1. The first kappa shape index (κ1) is 12.1. The van der Waals surface area contributed by atoms with Crippen LogP contribution in [0.25, 0.3) is 0 Å². The lowest BCUT2D eigenvalue weighted by Gasteiger charge is -2.34. The lowest BCUT2D eigenvalue weighted by atomic mass is 9.87. The second kappa shape index (κ2) is 4.90. The van der Waals surface area contributed by atoms with Crippen LogP contribution in [-0.4, -0.2) is 22.6 Å². The van der Waals surface area contributed by atoms with Crippen LogP contribution in [0.15, 0.2) is 17.1 Å². The van der Waals surface area contributed by atoms with Gasteiger partial charge in [-0.05, 0) is 24.7 Å². The molecule has 4 nitrogen and oxygen atoms in total. The molecule has 1 fully saturated rings. The molecule has 1 aliphatic heterocycles. The monoisotopic (exact) mass is 235 g/mol. The maximum Gasteiger partial charge on any atom is 0.254 e. The zero-order valence-corrected chi connectivity index (χ0v) is 10.9. The maximum atomic E-state index is 11.6. The summed E-state index contributed by atoms with van der Waals surface area (Å²) >= 11 is 0. The summed E-state index contributed by atoms with van der Waals surface area (Å²) in [5, 5.41) is 0. The third kappa shape index (κ3) is 2.51. The van der Waals surface area contributed by atoms with Gasteiger partial charge in [-0.2, -0.15) is 0 Å². The van der Waals surface area contributed by atoms with Crippen molar-refractivity contribution in [3.63, 3.8) is 0 Å². The Labute approximate surface area is 102 Å². The number of nitrogens with zero attached hydrogens (tertiary/aromatic N) is 3. The molecule has 1 aliphatic rings. The molecule has 0 unspecified atom stereocenters. The smallest absolute Gasteiger partial charge is 0.254 e. The Morgan fingerprint density at radius 1 is 1.35 bits per heavy atom. The van der Waals surface area contributed by atoms with E-state index in [0.29, 0.717) is 0 Å². The minimum atomic E-state index is 0.0148. The third-order valence-corrected chi connectivity index (χ3v) is 3.80. The molecule has 0 spiro atoms. The molecule has 1 aromatic rings. The molecule has 1 saturated heterocycles. The van der Waals surface area contributed by atoms with Gasteiger partial charge in [-0.15, -0.1) is 0 Å². The summed E-state index contributed by atoms with van der Waals surface area (Å²) in [6, 6.07) is 1.50. The predicted molar refractivity (Wildman–Crippen MR) is 69.3 cm³/mol. The predicted octanol–water partition coefficient (Wildman–Crippen LogP) is 1.65. The number of anilines is 1. The zero-order chi connectivity index (χ0) is 12.4. The molecule has 4 heteroatoms. The van der Waals surface area contributed by atoms with Crippen LogP contribution in [0, 0.1) is 11.8 Å². The standard InChI is InChI=1S/C13H21N3O/c1-10(2)11-5-8-16(9-6-11)13-14-7-4-12(17)15(13)3/h4,7,10-11H,5-6,8-9H2,1-3H3. The van der Waals surface area contributed by atoms with Crippen molar-refractivity contribution in [2.75, 3.05) is 18.0 Å². The van der Waals surface area contributed by atoms with E-state index in [1.165, 1.54) is 18.9 Å². The zero-order valence-electron chi connectivity index (χ0n) is 10.9. The van der Waals surface area contributed by atoms with Crippen molar-refractivity contribution in [1.29, 1.82) is 0 Å². The Hall–Kier alpha value is -1.32. The van der Waals surface area contributed by atoms with E-state index in [2.05, 4.69) is 23.7 Å². The molecule has 0 atom stereocenters. The van der Waals surface area contributed by atoms with E-state index < -0.39 is 0 Å². The van der Waals surface area contributed by atoms with Gasteiger partial charge in [0.15, 0.2) is 0 Å². The summed E-state index contributed by atoms with van der Waals surface area (Å²) in [5.74, 6) is 2.37. The summed E-state index contributed by atoms with van der Waals surface area (Å²) in [5.41, 5.74) is 0.0148. The fourth-order valence-corrected chi connectivity index (χ4v) is 2.52. The first-order chi connectivity index (χ1) is 8.09. The molecular weight excluding hydrogens is 214 g/mol. The fraction of sp³-hybridized carbons (Fsp3) is 0.692. The van der Waals surface area contributed by atoms with Crippen LogP contribution in [0.5, 0.6) is 0 Å². The SMILES string of the molecule is CC(C)C1CCN(c2nccc(=O)n2C)CC1. The van der Waals surface area contributed by atoms with Gasteiger partial charge in [-0.25, -0.2) is 4.98 Å². The van der Waals surface area contributed by atoms with Gasteiger partial charge in [-0.1, -0.05) is 13.8 Å². The van der Waals surface area contributed by atoms with Gasteiger partial charge in [0, 0.05) is 32.4 Å². The lowest BCUT2D eigenvalue weighted by molar-refractivity contribution is 0.309. The van der Waals surface area contributed by atoms with Crippen molar-refractivity contribution in [1.82, 2.24) is 9.55 Å². The van der Waals surface area contributed by atoms with Crippen LogP contribution >= 0.6 is 0 Å². The Bertz CT molecular complexity index is 431. The van der Waals surface area contributed by atoms with Crippen molar-refractivity contribution < 1.29 is 0 Å². The largest absolute Gasteiger partial charge is 0.342 e. The molecule has 94 valence electrons. The minimum Gasteiger partial charge on any atom is -0.342 e. The van der Waals surface area contributed by atoms with Crippen LogP contribution in [-0.2, 0) is 7.05 Å². The van der Waals surface area contributed by atoms with E-state index in [4.69, 9.17) is 0 Å². The van der Waals surface area contributed by atoms with Crippen LogP contribution in [0.2, 0.25) is 0 Å². The van der Waals surface area contributed by atoms with Crippen molar-refractivity contribution in [3.05, 3.63) is 22.6 Å². The van der Waals surface area contributed by atoms with E-state index in [1.54, 1.807) is 17.8 Å². The van der Waals surface area contributed by atoms with Crippen molar-refractivity contribution in [3.8, 4) is 0 Å². The molecule has 0 radical (unpaired) electrons. The molecule has 17 heavy (non-hydrogen) atoms.